The van der Waals surface area contributed by atoms with Crippen LogP contribution in [0.4, 0.5) is 5.69 Å². The normalized spacial score (nSPS) is 11.7. The smallest absolute Gasteiger partial charge is 0.321 e. The molecule has 3 N–H and O–H groups in total. The van der Waals surface area contributed by atoms with Crippen molar-refractivity contribution in [2.45, 2.75) is 25.9 Å². The van der Waals surface area contributed by atoms with Crippen LogP contribution in [0.1, 0.15) is 17.5 Å². The van der Waals surface area contributed by atoms with Crippen molar-refractivity contribution in [1.82, 2.24) is 10.3 Å². The number of anilines is 1. The van der Waals surface area contributed by atoms with Crippen LogP contribution >= 0.6 is 0 Å². The van der Waals surface area contributed by atoms with Gasteiger partial charge >= 0.3 is 5.97 Å². The summed E-state index contributed by atoms with van der Waals surface area (Å²) < 4.78 is 0. The number of amides is 1. The maximum atomic E-state index is 12.1. The third-order valence-corrected chi connectivity index (χ3v) is 3.38. The molecular weight excluding hydrogens is 294 g/mol. The summed E-state index contributed by atoms with van der Waals surface area (Å²) in [5.41, 5.74) is 2.48. The molecule has 6 heteroatoms. The van der Waals surface area contributed by atoms with Gasteiger partial charge in [-0.05, 0) is 30.2 Å². The lowest BCUT2D eigenvalue weighted by molar-refractivity contribution is -0.141. The largest absolute Gasteiger partial charge is 0.480 e. The molecule has 0 spiro atoms. The molecule has 0 saturated carbocycles. The second-order valence-electron chi connectivity index (χ2n) is 5.20. The van der Waals surface area contributed by atoms with Gasteiger partial charge in [0.15, 0.2) is 0 Å². The lowest BCUT2D eigenvalue weighted by atomic mass is 10.1. The van der Waals surface area contributed by atoms with Crippen LogP contribution in [0.5, 0.6) is 0 Å². The maximum Gasteiger partial charge on any atom is 0.321 e. The fraction of sp³-hybridized carbons (Fsp3) is 0.235. The van der Waals surface area contributed by atoms with E-state index in [1.165, 1.54) is 0 Å². The van der Waals surface area contributed by atoms with E-state index in [0.717, 1.165) is 11.1 Å². The van der Waals surface area contributed by atoms with Gasteiger partial charge in [-0.3, -0.25) is 19.9 Å². The van der Waals surface area contributed by atoms with Crippen LogP contribution < -0.4 is 10.6 Å². The number of pyridine rings is 1. The highest BCUT2D eigenvalue weighted by Gasteiger charge is 2.21. The van der Waals surface area contributed by atoms with E-state index >= 15 is 0 Å². The molecule has 23 heavy (non-hydrogen) atoms. The van der Waals surface area contributed by atoms with E-state index in [-0.39, 0.29) is 12.3 Å². The molecule has 1 aromatic carbocycles. The quantitative estimate of drug-likeness (QED) is 0.727. The molecule has 0 unspecified atom stereocenters. The summed E-state index contributed by atoms with van der Waals surface area (Å²) in [5, 5.41) is 14.9. The zero-order valence-corrected chi connectivity index (χ0v) is 12.8. The third-order valence-electron chi connectivity index (χ3n) is 3.38. The number of carbonyl (C=O) groups is 2. The Bertz CT molecular complexity index is 674. The van der Waals surface area contributed by atoms with Crippen LogP contribution in [0.3, 0.4) is 0 Å². The van der Waals surface area contributed by atoms with Gasteiger partial charge in [0, 0.05) is 24.6 Å². The Balaban J connectivity index is 1.92. The van der Waals surface area contributed by atoms with Crippen molar-refractivity contribution in [3.63, 3.8) is 0 Å². The van der Waals surface area contributed by atoms with E-state index in [1.807, 2.05) is 31.2 Å². The van der Waals surface area contributed by atoms with Gasteiger partial charge in [-0.15, -0.1) is 0 Å². The predicted octanol–water partition coefficient (Wildman–Crippen LogP) is 1.96. The topological polar surface area (TPSA) is 91.3 Å². The van der Waals surface area contributed by atoms with Gasteiger partial charge in [0.1, 0.15) is 6.04 Å². The van der Waals surface area contributed by atoms with E-state index in [2.05, 4.69) is 15.6 Å². The standard InChI is InChI=1S/C17H19N3O3/c1-12-5-2-3-7-14(12)20-16(21)9-15(17(22)23)19-11-13-6-4-8-18-10-13/h2-8,10,15,19H,9,11H2,1H3,(H,20,21)(H,22,23)/t15-/m1/s1. The molecule has 120 valence electrons. The minimum absolute atomic E-state index is 0.149. The number of nitrogens with zero attached hydrogens (tertiary/aromatic N) is 1. The van der Waals surface area contributed by atoms with Crippen molar-refractivity contribution in [1.29, 1.82) is 0 Å². The van der Waals surface area contributed by atoms with E-state index in [1.54, 1.807) is 24.5 Å². The average molecular weight is 313 g/mol. The van der Waals surface area contributed by atoms with Crippen LogP contribution in [-0.4, -0.2) is 28.0 Å². The van der Waals surface area contributed by atoms with Crippen molar-refractivity contribution >= 4 is 17.6 Å². The number of nitrogens with one attached hydrogen (secondary N) is 2. The van der Waals surface area contributed by atoms with Crippen LogP contribution in [-0.2, 0) is 16.1 Å². The number of aryl methyl sites for hydroxylation is 1. The number of aromatic nitrogens is 1. The number of carbonyl (C=O) groups excluding carboxylic acids is 1. The van der Waals surface area contributed by atoms with Crippen molar-refractivity contribution in [2.75, 3.05) is 5.32 Å². The second-order valence-corrected chi connectivity index (χ2v) is 5.20. The number of rotatable bonds is 7. The van der Waals surface area contributed by atoms with E-state index in [9.17, 15) is 14.7 Å². The summed E-state index contributed by atoms with van der Waals surface area (Å²) in [6.45, 7) is 2.22. The summed E-state index contributed by atoms with van der Waals surface area (Å²) in [6, 6.07) is 10.0. The molecule has 6 nitrogen and oxygen atoms in total. The number of hydrogen-bond acceptors (Lipinski definition) is 4. The van der Waals surface area contributed by atoms with Gasteiger partial charge in [0.2, 0.25) is 5.91 Å². The molecule has 0 radical (unpaired) electrons. The SMILES string of the molecule is Cc1ccccc1NC(=O)C[C@@H](NCc1cccnc1)C(=O)O. The lowest BCUT2D eigenvalue weighted by Gasteiger charge is -2.15. The highest BCUT2D eigenvalue weighted by atomic mass is 16.4. The molecule has 1 aromatic heterocycles. The minimum atomic E-state index is -1.06. The number of hydrogen-bond donors (Lipinski definition) is 3. The average Bonchev–Trinajstić information content (AvgIpc) is 2.54. The molecule has 1 amide bonds. The zero-order chi connectivity index (χ0) is 16.7. The Morgan fingerprint density at radius 1 is 1.22 bits per heavy atom. The molecular formula is C17H19N3O3. The minimum Gasteiger partial charge on any atom is -0.480 e. The van der Waals surface area contributed by atoms with Gasteiger partial charge in [-0.2, -0.15) is 0 Å². The number of carboxylic acid groups (broad SMARTS) is 1. The van der Waals surface area contributed by atoms with Crippen LogP contribution in [0.25, 0.3) is 0 Å². The van der Waals surface area contributed by atoms with Gasteiger partial charge in [0.05, 0.1) is 6.42 Å². The number of benzene rings is 1. The Morgan fingerprint density at radius 3 is 2.65 bits per heavy atom. The van der Waals surface area contributed by atoms with Gasteiger partial charge in [-0.1, -0.05) is 24.3 Å². The molecule has 0 fully saturated rings. The molecule has 0 aliphatic carbocycles. The third kappa shape index (κ3) is 5.19. The summed E-state index contributed by atoms with van der Waals surface area (Å²) in [4.78, 5) is 27.3. The first-order valence-corrected chi connectivity index (χ1v) is 7.27. The first-order valence-electron chi connectivity index (χ1n) is 7.27. The summed E-state index contributed by atoms with van der Waals surface area (Å²) in [7, 11) is 0. The predicted molar refractivity (Wildman–Crippen MR) is 86.9 cm³/mol. The fourth-order valence-electron chi connectivity index (χ4n) is 2.09. The highest BCUT2D eigenvalue weighted by Crippen LogP contribution is 2.13. The maximum absolute atomic E-state index is 12.1. The molecule has 1 heterocycles. The number of carboxylic acids is 1. The first kappa shape index (κ1) is 16.6. The summed E-state index contributed by atoms with van der Waals surface area (Å²) >= 11 is 0. The van der Waals surface area contributed by atoms with Gasteiger partial charge < -0.3 is 10.4 Å². The molecule has 1 atom stereocenters. The molecule has 2 rings (SSSR count). The first-order chi connectivity index (χ1) is 11.1. The molecule has 0 bridgehead atoms. The van der Waals surface area contributed by atoms with Gasteiger partial charge in [0.25, 0.3) is 0 Å². The van der Waals surface area contributed by atoms with Crippen LogP contribution in [0.15, 0.2) is 48.8 Å². The Kier molecular flexibility index (Phi) is 5.82. The second kappa shape index (κ2) is 8.05. The van der Waals surface area contributed by atoms with E-state index < -0.39 is 12.0 Å². The zero-order valence-electron chi connectivity index (χ0n) is 12.8. The van der Waals surface area contributed by atoms with Crippen molar-refractivity contribution in [3.05, 3.63) is 59.9 Å². The fourth-order valence-corrected chi connectivity index (χ4v) is 2.09. The van der Waals surface area contributed by atoms with Crippen molar-refractivity contribution < 1.29 is 14.7 Å². The van der Waals surface area contributed by atoms with E-state index in [0.29, 0.717) is 12.2 Å². The lowest BCUT2D eigenvalue weighted by Crippen LogP contribution is -2.39. The molecule has 0 aliphatic heterocycles. The Labute approximate surface area is 134 Å². The monoisotopic (exact) mass is 313 g/mol. The van der Waals surface area contributed by atoms with E-state index in [4.69, 9.17) is 0 Å². The number of para-hydroxylation sites is 1. The molecule has 0 aliphatic rings. The summed E-state index contributed by atoms with van der Waals surface area (Å²) in [6.07, 6.45) is 3.15. The van der Waals surface area contributed by atoms with Crippen molar-refractivity contribution in [3.8, 4) is 0 Å². The van der Waals surface area contributed by atoms with Gasteiger partial charge in [-0.25, -0.2) is 0 Å². The van der Waals surface area contributed by atoms with Crippen LogP contribution in [0, 0.1) is 6.92 Å². The molecule has 0 saturated heterocycles. The highest BCUT2D eigenvalue weighted by molar-refractivity contribution is 5.94. The summed E-state index contributed by atoms with van der Waals surface area (Å²) in [5.74, 6) is -1.40. The van der Waals surface area contributed by atoms with Crippen LogP contribution in [0.2, 0.25) is 0 Å². The molecule has 2 aromatic rings. The Hall–Kier alpha value is -2.73. The Morgan fingerprint density at radius 2 is 2.00 bits per heavy atom. The number of aliphatic carboxylic acids is 1. The van der Waals surface area contributed by atoms with Crippen molar-refractivity contribution in [2.24, 2.45) is 0 Å².